The Labute approximate surface area is 104 Å². The Hall–Kier alpha value is -2.61. The van der Waals surface area contributed by atoms with Crippen LogP contribution in [0.25, 0.3) is 11.0 Å². The molecule has 0 amide bonds. The number of carbonyl (C=O) groups is 1. The van der Waals surface area contributed by atoms with Gasteiger partial charge in [-0.25, -0.2) is 0 Å². The van der Waals surface area contributed by atoms with Gasteiger partial charge in [0, 0.05) is 18.1 Å². The highest BCUT2D eigenvalue weighted by molar-refractivity contribution is 5.86. The number of methoxy groups -OCH3 is 1. The summed E-state index contributed by atoms with van der Waals surface area (Å²) in [6.45, 7) is 0. The molecule has 18 heavy (non-hydrogen) atoms. The lowest BCUT2D eigenvalue weighted by Gasteiger charge is -2.02. The van der Waals surface area contributed by atoms with E-state index in [0.29, 0.717) is 22.3 Å². The third-order valence-corrected chi connectivity index (χ3v) is 2.35. The summed E-state index contributed by atoms with van der Waals surface area (Å²) in [6, 6.07) is 3.50. The van der Waals surface area contributed by atoms with Gasteiger partial charge in [0.25, 0.3) is 0 Å². The molecule has 2 aromatic rings. The van der Waals surface area contributed by atoms with E-state index in [0.717, 1.165) is 0 Å². The first-order chi connectivity index (χ1) is 8.72. The first-order valence-corrected chi connectivity index (χ1v) is 5.27. The summed E-state index contributed by atoms with van der Waals surface area (Å²) < 4.78 is 4.51. The first-order valence-electron chi connectivity index (χ1n) is 5.27. The maximum atomic E-state index is 11.0. The summed E-state index contributed by atoms with van der Waals surface area (Å²) in [4.78, 5) is 19.3. The zero-order valence-corrected chi connectivity index (χ0v) is 9.80. The Morgan fingerprint density at radius 3 is 2.94 bits per heavy atom. The summed E-state index contributed by atoms with van der Waals surface area (Å²) in [5.74, 6) is 5.17. The van der Waals surface area contributed by atoms with Crippen LogP contribution >= 0.6 is 0 Å². The van der Waals surface area contributed by atoms with E-state index in [1.807, 2.05) is 0 Å². The van der Waals surface area contributed by atoms with Crippen LogP contribution in [0.5, 0.6) is 0 Å². The van der Waals surface area contributed by atoms with E-state index < -0.39 is 0 Å². The zero-order chi connectivity index (χ0) is 13.0. The minimum absolute atomic E-state index is 0.0204. The fraction of sp³-hybridized carbons (Fsp3) is 0.154. The predicted molar refractivity (Wildman–Crippen MR) is 67.5 cm³/mol. The van der Waals surface area contributed by atoms with Gasteiger partial charge in [0.2, 0.25) is 0 Å². The Balaban J connectivity index is 2.43. The van der Waals surface area contributed by atoms with Crippen LogP contribution in [0.15, 0.2) is 24.5 Å². The molecule has 90 valence electrons. The Morgan fingerprint density at radius 2 is 2.17 bits per heavy atom. The second-order valence-electron chi connectivity index (χ2n) is 3.51. The molecular formula is C13H11N3O2. The number of anilines is 1. The number of rotatable bonds is 1. The average molecular weight is 241 g/mol. The molecule has 0 atom stereocenters. The molecule has 0 saturated heterocycles. The van der Waals surface area contributed by atoms with Crippen molar-refractivity contribution < 1.29 is 9.53 Å². The number of nitrogen functional groups attached to an aromatic ring is 1. The van der Waals surface area contributed by atoms with Crippen molar-refractivity contribution in [3.8, 4) is 11.8 Å². The molecule has 0 unspecified atom stereocenters. The number of aromatic nitrogens is 2. The normalized spacial score (nSPS) is 9.61. The molecule has 0 spiro atoms. The summed E-state index contributed by atoms with van der Waals surface area (Å²) in [5, 5.41) is 0. The van der Waals surface area contributed by atoms with E-state index in [-0.39, 0.29) is 12.4 Å². The molecule has 1 aromatic carbocycles. The highest BCUT2D eigenvalue weighted by atomic mass is 16.5. The number of ether oxygens (including phenoxy) is 1. The lowest BCUT2D eigenvalue weighted by atomic mass is 10.1. The molecule has 0 aliphatic rings. The van der Waals surface area contributed by atoms with E-state index >= 15 is 0 Å². The summed E-state index contributed by atoms with van der Waals surface area (Å²) in [7, 11) is 1.32. The van der Waals surface area contributed by atoms with Crippen molar-refractivity contribution in [2.75, 3.05) is 12.8 Å². The fourth-order valence-electron chi connectivity index (χ4n) is 1.46. The lowest BCUT2D eigenvalue weighted by Crippen LogP contribution is -1.98. The van der Waals surface area contributed by atoms with Crippen LogP contribution in [-0.2, 0) is 9.53 Å². The van der Waals surface area contributed by atoms with Crippen molar-refractivity contribution in [3.05, 3.63) is 30.1 Å². The number of hydrogen-bond donors (Lipinski definition) is 1. The predicted octanol–water partition coefficient (Wildman–Crippen LogP) is 1.13. The zero-order valence-electron chi connectivity index (χ0n) is 9.80. The van der Waals surface area contributed by atoms with Gasteiger partial charge in [0.15, 0.2) is 0 Å². The topological polar surface area (TPSA) is 78.1 Å². The van der Waals surface area contributed by atoms with E-state index in [9.17, 15) is 4.79 Å². The highest BCUT2D eigenvalue weighted by Crippen LogP contribution is 2.19. The molecule has 2 rings (SSSR count). The lowest BCUT2D eigenvalue weighted by molar-refractivity contribution is -0.139. The van der Waals surface area contributed by atoms with Gasteiger partial charge in [-0.15, -0.1) is 0 Å². The summed E-state index contributed by atoms with van der Waals surface area (Å²) in [5.41, 5.74) is 8.30. The molecule has 0 aliphatic heterocycles. The molecule has 5 heteroatoms. The Morgan fingerprint density at radius 1 is 1.39 bits per heavy atom. The molecule has 0 radical (unpaired) electrons. The minimum Gasteiger partial charge on any atom is -0.468 e. The number of nitrogens with zero attached hydrogens (tertiary/aromatic N) is 2. The smallest absolute Gasteiger partial charge is 0.317 e. The Kier molecular flexibility index (Phi) is 3.39. The molecule has 1 heterocycles. The molecule has 0 fully saturated rings. The largest absolute Gasteiger partial charge is 0.468 e. The van der Waals surface area contributed by atoms with Crippen molar-refractivity contribution in [2.24, 2.45) is 0 Å². The van der Waals surface area contributed by atoms with Gasteiger partial charge in [-0.2, -0.15) is 0 Å². The number of carbonyl (C=O) groups excluding carboxylic acids is 1. The molecule has 5 nitrogen and oxygen atoms in total. The monoisotopic (exact) mass is 241 g/mol. The van der Waals surface area contributed by atoms with Gasteiger partial charge in [-0.1, -0.05) is 11.8 Å². The van der Waals surface area contributed by atoms with Crippen molar-refractivity contribution in [3.63, 3.8) is 0 Å². The van der Waals surface area contributed by atoms with Crippen LogP contribution < -0.4 is 5.73 Å². The molecule has 0 aliphatic carbocycles. The third kappa shape index (κ3) is 2.38. The molecule has 1 aromatic heterocycles. The van der Waals surface area contributed by atoms with Gasteiger partial charge in [0.1, 0.15) is 11.9 Å². The third-order valence-electron chi connectivity index (χ3n) is 2.35. The van der Waals surface area contributed by atoms with Gasteiger partial charge in [-0.05, 0) is 12.1 Å². The summed E-state index contributed by atoms with van der Waals surface area (Å²) in [6.07, 6.45) is 3.20. The highest BCUT2D eigenvalue weighted by Gasteiger charge is 2.04. The SMILES string of the molecule is COC(=O)CC#Cc1c(N)ccc2nccnc12. The average Bonchev–Trinajstić information content (AvgIpc) is 2.41. The Bertz CT molecular complexity index is 656. The van der Waals surface area contributed by atoms with Gasteiger partial charge < -0.3 is 10.5 Å². The number of benzene rings is 1. The van der Waals surface area contributed by atoms with Crippen LogP contribution in [-0.4, -0.2) is 23.0 Å². The fourth-order valence-corrected chi connectivity index (χ4v) is 1.46. The van der Waals surface area contributed by atoms with Crippen LogP contribution in [0.4, 0.5) is 5.69 Å². The molecular weight excluding hydrogens is 230 g/mol. The van der Waals surface area contributed by atoms with Gasteiger partial charge in [-0.3, -0.25) is 14.8 Å². The molecule has 2 N–H and O–H groups in total. The molecule has 0 saturated carbocycles. The van der Waals surface area contributed by atoms with E-state index in [1.54, 1.807) is 24.5 Å². The number of fused-ring (bicyclic) bond motifs is 1. The van der Waals surface area contributed by atoms with E-state index in [2.05, 4.69) is 26.5 Å². The van der Waals surface area contributed by atoms with Crippen molar-refractivity contribution in [1.29, 1.82) is 0 Å². The standard InChI is InChI=1S/C13H11N3O2/c1-18-12(17)4-2-3-9-10(14)5-6-11-13(9)16-8-7-15-11/h5-8H,4,14H2,1H3. The van der Waals surface area contributed by atoms with Crippen LogP contribution in [0.2, 0.25) is 0 Å². The van der Waals surface area contributed by atoms with Gasteiger partial charge in [0.05, 0.1) is 18.2 Å². The number of nitrogens with two attached hydrogens (primary N) is 1. The van der Waals surface area contributed by atoms with Gasteiger partial charge >= 0.3 is 5.97 Å². The van der Waals surface area contributed by atoms with Crippen LogP contribution in [0, 0.1) is 11.8 Å². The van der Waals surface area contributed by atoms with Crippen LogP contribution in [0.3, 0.4) is 0 Å². The van der Waals surface area contributed by atoms with Crippen molar-refractivity contribution in [2.45, 2.75) is 6.42 Å². The first kappa shape index (κ1) is 11.9. The van der Waals surface area contributed by atoms with Crippen LogP contribution in [0.1, 0.15) is 12.0 Å². The maximum Gasteiger partial charge on any atom is 0.317 e. The van der Waals surface area contributed by atoms with E-state index in [1.165, 1.54) is 7.11 Å². The van der Waals surface area contributed by atoms with Crippen molar-refractivity contribution >= 4 is 22.7 Å². The summed E-state index contributed by atoms with van der Waals surface area (Å²) >= 11 is 0. The van der Waals surface area contributed by atoms with E-state index in [4.69, 9.17) is 5.73 Å². The second kappa shape index (κ2) is 5.15. The quantitative estimate of drug-likeness (QED) is 0.460. The van der Waals surface area contributed by atoms with Crippen molar-refractivity contribution in [1.82, 2.24) is 9.97 Å². The number of esters is 1. The second-order valence-corrected chi connectivity index (χ2v) is 3.51. The minimum atomic E-state index is -0.382. The number of hydrogen-bond acceptors (Lipinski definition) is 5. The maximum absolute atomic E-state index is 11.0. The molecule has 0 bridgehead atoms.